The molecule has 20 heavy (non-hydrogen) atoms. The minimum atomic E-state index is -3.70. The van der Waals surface area contributed by atoms with Gasteiger partial charge in [-0.1, -0.05) is 23.2 Å². The van der Waals surface area contributed by atoms with Gasteiger partial charge < -0.3 is 4.90 Å². The zero-order chi connectivity index (χ0) is 14.9. The summed E-state index contributed by atoms with van der Waals surface area (Å²) < 4.78 is 23.5. The lowest BCUT2D eigenvalue weighted by Gasteiger charge is -2.33. The maximum absolute atomic E-state index is 12.2. The fourth-order valence-electron chi connectivity index (χ4n) is 1.96. The van der Waals surface area contributed by atoms with Crippen molar-refractivity contribution in [2.75, 3.05) is 26.2 Å². The van der Waals surface area contributed by atoms with Crippen LogP contribution in [0.15, 0.2) is 18.2 Å². The summed E-state index contributed by atoms with van der Waals surface area (Å²) in [6, 6.07) is 4.64. The lowest BCUT2D eigenvalue weighted by molar-refractivity contribution is 0.0698. The largest absolute Gasteiger partial charge is 0.336 e. The van der Waals surface area contributed by atoms with E-state index in [1.54, 1.807) is 17.0 Å². The van der Waals surface area contributed by atoms with Crippen molar-refractivity contribution in [1.82, 2.24) is 9.21 Å². The van der Waals surface area contributed by atoms with E-state index in [0.717, 1.165) is 4.31 Å². The molecule has 0 spiro atoms. The molecule has 110 valence electrons. The first-order valence-electron chi connectivity index (χ1n) is 5.81. The molecule has 0 bridgehead atoms. The van der Waals surface area contributed by atoms with Crippen molar-refractivity contribution < 1.29 is 13.2 Å². The first-order valence-corrected chi connectivity index (χ1v) is 8.07. The number of nitrogens with two attached hydrogens (primary N) is 1. The molecule has 0 saturated carbocycles. The molecule has 1 fully saturated rings. The summed E-state index contributed by atoms with van der Waals surface area (Å²) in [6.45, 7) is 0.947. The molecule has 2 rings (SSSR count). The van der Waals surface area contributed by atoms with E-state index in [-0.39, 0.29) is 32.1 Å². The van der Waals surface area contributed by atoms with Crippen LogP contribution in [0.4, 0.5) is 0 Å². The Hall–Kier alpha value is -0.860. The summed E-state index contributed by atoms with van der Waals surface area (Å²) in [6.07, 6.45) is 0. The number of rotatable bonds is 2. The lowest BCUT2D eigenvalue weighted by Crippen LogP contribution is -2.52. The van der Waals surface area contributed by atoms with Crippen LogP contribution in [0, 0.1) is 0 Å². The molecule has 0 aliphatic carbocycles. The van der Waals surface area contributed by atoms with Crippen LogP contribution < -0.4 is 5.14 Å². The molecule has 1 aromatic carbocycles. The van der Waals surface area contributed by atoms with Crippen LogP contribution in [-0.2, 0) is 10.2 Å². The van der Waals surface area contributed by atoms with Gasteiger partial charge >= 0.3 is 0 Å². The van der Waals surface area contributed by atoms with Crippen molar-refractivity contribution in [3.05, 3.63) is 33.8 Å². The topological polar surface area (TPSA) is 83.7 Å². The average molecular weight is 338 g/mol. The number of hydrogen-bond donors (Lipinski definition) is 1. The summed E-state index contributed by atoms with van der Waals surface area (Å²) in [5, 5.41) is 5.73. The Labute approximate surface area is 127 Å². The highest BCUT2D eigenvalue weighted by Gasteiger charge is 2.27. The highest BCUT2D eigenvalue weighted by atomic mass is 35.5. The minimum absolute atomic E-state index is 0.186. The Morgan fingerprint density at radius 1 is 1.10 bits per heavy atom. The number of carbonyl (C=O) groups is 1. The number of amides is 1. The van der Waals surface area contributed by atoms with Gasteiger partial charge in [-0.3, -0.25) is 4.79 Å². The highest BCUT2D eigenvalue weighted by molar-refractivity contribution is 7.86. The van der Waals surface area contributed by atoms with Crippen LogP contribution in [-0.4, -0.2) is 49.7 Å². The Bertz CT molecular complexity index is 628. The zero-order valence-corrected chi connectivity index (χ0v) is 12.7. The van der Waals surface area contributed by atoms with E-state index in [4.69, 9.17) is 28.3 Å². The second-order valence-corrected chi connectivity index (χ2v) is 6.73. The van der Waals surface area contributed by atoms with Crippen LogP contribution in [0.5, 0.6) is 0 Å². The number of nitrogens with zero attached hydrogens (tertiary/aromatic N) is 2. The monoisotopic (exact) mass is 337 g/mol. The molecule has 0 atom stereocenters. The van der Waals surface area contributed by atoms with Crippen molar-refractivity contribution in [1.29, 1.82) is 0 Å². The Morgan fingerprint density at radius 2 is 1.70 bits per heavy atom. The molecule has 1 aromatic rings. The third-order valence-corrected chi connectivity index (χ3v) is 4.88. The zero-order valence-electron chi connectivity index (χ0n) is 10.4. The van der Waals surface area contributed by atoms with E-state index in [0.29, 0.717) is 15.6 Å². The van der Waals surface area contributed by atoms with E-state index in [2.05, 4.69) is 0 Å². The summed E-state index contributed by atoms with van der Waals surface area (Å²) >= 11 is 11.7. The third kappa shape index (κ3) is 3.42. The van der Waals surface area contributed by atoms with E-state index in [9.17, 15) is 13.2 Å². The Morgan fingerprint density at radius 3 is 2.20 bits per heavy atom. The number of halogens is 2. The summed E-state index contributed by atoms with van der Waals surface area (Å²) in [4.78, 5) is 13.8. The van der Waals surface area contributed by atoms with Gasteiger partial charge in [-0.05, 0) is 18.2 Å². The molecule has 1 amide bonds. The molecule has 2 N–H and O–H groups in total. The molecule has 1 heterocycles. The second-order valence-electron chi connectivity index (χ2n) is 4.37. The number of piperazine rings is 1. The first-order chi connectivity index (χ1) is 9.29. The maximum atomic E-state index is 12.2. The predicted molar refractivity (Wildman–Crippen MR) is 77.0 cm³/mol. The van der Waals surface area contributed by atoms with Crippen LogP contribution in [0.3, 0.4) is 0 Å². The molecule has 9 heteroatoms. The summed E-state index contributed by atoms with van der Waals surface area (Å²) in [5.74, 6) is -0.211. The predicted octanol–water partition coefficient (Wildman–Crippen LogP) is 0.955. The average Bonchev–Trinajstić information content (AvgIpc) is 2.40. The molecule has 0 aromatic heterocycles. The van der Waals surface area contributed by atoms with Gasteiger partial charge in [0.05, 0.1) is 10.0 Å². The molecule has 0 unspecified atom stereocenters. The first kappa shape index (κ1) is 15.5. The molecule has 1 aliphatic rings. The van der Waals surface area contributed by atoms with E-state index in [1.807, 2.05) is 0 Å². The van der Waals surface area contributed by atoms with E-state index in [1.165, 1.54) is 6.07 Å². The molecule has 1 saturated heterocycles. The number of carbonyl (C=O) groups excluding carboxylic acids is 1. The van der Waals surface area contributed by atoms with Gasteiger partial charge in [0, 0.05) is 31.7 Å². The quantitative estimate of drug-likeness (QED) is 0.872. The summed E-state index contributed by atoms with van der Waals surface area (Å²) in [5.41, 5.74) is 0.420. The second kappa shape index (κ2) is 5.87. The van der Waals surface area contributed by atoms with Crippen molar-refractivity contribution in [2.24, 2.45) is 5.14 Å². The van der Waals surface area contributed by atoms with Crippen molar-refractivity contribution in [2.45, 2.75) is 0 Å². The van der Waals surface area contributed by atoms with Gasteiger partial charge in [-0.2, -0.15) is 12.7 Å². The van der Waals surface area contributed by atoms with Gasteiger partial charge in [0.25, 0.3) is 16.1 Å². The van der Waals surface area contributed by atoms with E-state index >= 15 is 0 Å². The van der Waals surface area contributed by atoms with Gasteiger partial charge in [-0.15, -0.1) is 0 Å². The fourth-order valence-corrected chi connectivity index (χ4v) is 2.93. The maximum Gasteiger partial charge on any atom is 0.277 e. The molecule has 0 radical (unpaired) electrons. The standard InChI is InChI=1S/C11H13Cl2N3O3S/c12-9-2-1-8(7-10(9)13)11(17)15-3-5-16(6-4-15)20(14,18)19/h1-2,7H,3-6H2,(H2,14,18,19). The molecular weight excluding hydrogens is 325 g/mol. The van der Waals surface area contributed by atoms with Crippen LogP contribution >= 0.6 is 23.2 Å². The molecule has 1 aliphatic heterocycles. The van der Waals surface area contributed by atoms with Gasteiger partial charge in [0.15, 0.2) is 0 Å². The number of benzene rings is 1. The van der Waals surface area contributed by atoms with Gasteiger partial charge in [-0.25, -0.2) is 5.14 Å². The Kier molecular flexibility index (Phi) is 4.55. The Balaban J connectivity index is 2.07. The molecular formula is C11H13Cl2N3O3S. The molecule has 6 nitrogen and oxygen atoms in total. The van der Waals surface area contributed by atoms with Crippen LogP contribution in [0.2, 0.25) is 10.0 Å². The normalized spacial score (nSPS) is 17.2. The van der Waals surface area contributed by atoms with Crippen molar-refractivity contribution in [3.8, 4) is 0 Å². The highest BCUT2D eigenvalue weighted by Crippen LogP contribution is 2.23. The number of hydrogen-bond acceptors (Lipinski definition) is 3. The van der Waals surface area contributed by atoms with Crippen LogP contribution in [0.25, 0.3) is 0 Å². The SMILES string of the molecule is NS(=O)(=O)N1CCN(C(=O)c2ccc(Cl)c(Cl)c2)CC1. The van der Waals surface area contributed by atoms with Crippen molar-refractivity contribution in [3.63, 3.8) is 0 Å². The summed E-state index contributed by atoms with van der Waals surface area (Å²) in [7, 11) is -3.70. The van der Waals surface area contributed by atoms with E-state index < -0.39 is 10.2 Å². The van der Waals surface area contributed by atoms with Crippen LogP contribution in [0.1, 0.15) is 10.4 Å². The van der Waals surface area contributed by atoms with Crippen molar-refractivity contribution >= 4 is 39.3 Å². The smallest absolute Gasteiger partial charge is 0.277 e. The minimum Gasteiger partial charge on any atom is -0.336 e. The lowest BCUT2D eigenvalue weighted by atomic mass is 10.2. The van der Waals surface area contributed by atoms with Gasteiger partial charge in [0.1, 0.15) is 0 Å². The van der Waals surface area contributed by atoms with Gasteiger partial charge in [0.2, 0.25) is 0 Å². The fraction of sp³-hybridized carbons (Fsp3) is 0.364. The third-order valence-electron chi connectivity index (χ3n) is 3.05.